The molecule has 414 valence electrons. The van der Waals surface area contributed by atoms with Gasteiger partial charge in [-0.1, -0.05) is 45.7 Å². The van der Waals surface area contributed by atoms with Gasteiger partial charge in [-0.2, -0.15) is 67.5 Å². The molecule has 3 aliphatic rings. The van der Waals surface area contributed by atoms with Crippen molar-refractivity contribution in [3.63, 3.8) is 0 Å². The summed E-state index contributed by atoms with van der Waals surface area (Å²) in [5.41, 5.74) is 9.70. The van der Waals surface area contributed by atoms with Crippen LogP contribution in [0.5, 0.6) is 5.75 Å². The maximum absolute atomic E-state index is 14.8. The van der Waals surface area contributed by atoms with Crippen LogP contribution in [-0.2, 0) is 52.8 Å². The Hall–Kier alpha value is -4.53. The lowest BCUT2D eigenvalue weighted by atomic mass is 9.84. The number of ether oxygens (including phenoxy) is 2. The van der Waals surface area contributed by atoms with E-state index in [9.17, 15) is 29.1 Å². The van der Waals surface area contributed by atoms with Gasteiger partial charge in [-0.05, 0) is 124 Å². The van der Waals surface area contributed by atoms with Crippen LogP contribution in [0.2, 0.25) is 0 Å². The number of methoxy groups -OCH3 is 1. The summed E-state index contributed by atoms with van der Waals surface area (Å²) in [4.78, 5) is 79.8. The van der Waals surface area contributed by atoms with Gasteiger partial charge in [-0.15, -0.1) is 0 Å². The molecule has 7 rings (SSSR count). The van der Waals surface area contributed by atoms with Crippen molar-refractivity contribution < 1.29 is 38.6 Å². The molecule has 4 aromatic rings. The van der Waals surface area contributed by atoms with Crippen LogP contribution in [0, 0.1) is 29.1 Å². The number of hydrogen-bond acceptors (Lipinski definition) is 11. The lowest BCUT2D eigenvalue weighted by molar-refractivity contribution is -0.155. The van der Waals surface area contributed by atoms with Crippen LogP contribution in [0.15, 0.2) is 54.9 Å². The predicted molar refractivity (Wildman–Crippen MR) is 320 cm³/mol. The number of rotatable bonds is 10. The lowest BCUT2D eigenvalue weighted by Crippen LogP contribution is -2.62. The summed E-state index contributed by atoms with van der Waals surface area (Å²) in [6.45, 7) is 14.0. The normalized spacial score (nSPS) is 19.0. The van der Waals surface area contributed by atoms with Crippen molar-refractivity contribution in [3.05, 3.63) is 71.5 Å². The van der Waals surface area contributed by atoms with Gasteiger partial charge < -0.3 is 34.3 Å². The molecule has 3 aliphatic heterocycles. The highest BCUT2D eigenvalue weighted by Gasteiger charge is 2.40. The number of aromatic nitrogens is 2. The Balaban J connectivity index is 0.00000385. The molecule has 3 N–H and O–H groups in total. The molecule has 5 atom stereocenters. The van der Waals surface area contributed by atoms with E-state index in [1.54, 1.807) is 37.4 Å². The van der Waals surface area contributed by atoms with E-state index >= 15 is 0 Å². The van der Waals surface area contributed by atoms with E-state index in [0.717, 1.165) is 38.9 Å². The topological polar surface area (TPSA) is 179 Å². The first-order chi connectivity index (χ1) is 33.3. The third-order valence-corrected chi connectivity index (χ3v) is 13.8. The van der Waals surface area contributed by atoms with E-state index in [0.29, 0.717) is 56.4 Å². The summed E-state index contributed by atoms with van der Waals surface area (Å²) in [6, 6.07) is 10.5. The van der Waals surface area contributed by atoms with Crippen LogP contribution in [0.3, 0.4) is 0 Å². The second-order valence-corrected chi connectivity index (χ2v) is 20.5. The number of phenolic OH excluding ortho intramolecular Hbond substituents is 1. The molecule has 0 saturated carbocycles. The van der Waals surface area contributed by atoms with Gasteiger partial charge in [0.1, 0.15) is 23.9 Å². The molecule has 21 heteroatoms. The molecular weight excluding hydrogens is 1050 g/mol. The number of aryl methyl sites for hydroxylation is 1. The molecule has 2 saturated heterocycles. The molecule has 75 heavy (non-hydrogen) atoms. The summed E-state index contributed by atoms with van der Waals surface area (Å²) >= 11 is 0. The number of hydrazine groups is 1. The molecule has 16 nitrogen and oxygen atoms in total. The number of phenols is 1. The number of fused-ring (bicyclic) bond motifs is 6. The Kier molecular flexibility index (Phi) is 25.5. The second-order valence-electron chi connectivity index (χ2n) is 20.5. The molecule has 6 bridgehead atoms. The highest BCUT2D eigenvalue weighted by molar-refractivity contribution is 7.60. The number of cyclic esters (lactones) is 1. The van der Waals surface area contributed by atoms with E-state index in [1.165, 1.54) is 9.91 Å². The number of likely N-dealkylation sites (tertiary alicyclic amines) is 1. The van der Waals surface area contributed by atoms with Crippen molar-refractivity contribution in [1.29, 1.82) is 0 Å². The van der Waals surface area contributed by atoms with Crippen LogP contribution in [-0.4, -0.2) is 143 Å². The van der Waals surface area contributed by atoms with Gasteiger partial charge in [0.2, 0.25) is 11.8 Å². The summed E-state index contributed by atoms with van der Waals surface area (Å²) in [7, 11) is 7.00. The summed E-state index contributed by atoms with van der Waals surface area (Å²) in [5, 5.41) is 16.8. The Bertz CT molecular complexity index is 2710. The number of carbonyl (C=O) groups is 5. The Labute approximate surface area is 478 Å². The minimum absolute atomic E-state index is 0. The molecule has 0 unspecified atom stereocenters. The largest absolute Gasteiger partial charge is 0.508 e. The first-order valence-corrected chi connectivity index (χ1v) is 24.5. The van der Waals surface area contributed by atoms with Gasteiger partial charge in [-0.3, -0.25) is 38.9 Å². The highest BCUT2D eigenvalue weighted by Crippen LogP contribution is 2.42. The number of amides is 4. The molecule has 0 aliphatic carbocycles. The van der Waals surface area contributed by atoms with Crippen LogP contribution >= 0.6 is 67.5 Å². The number of esters is 1. The molecular formula is C54H80N8O8S5. The molecule has 2 aromatic heterocycles. The Morgan fingerprint density at radius 2 is 1.71 bits per heavy atom. The van der Waals surface area contributed by atoms with E-state index in [1.807, 2.05) is 64.2 Å². The summed E-state index contributed by atoms with van der Waals surface area (Å²) < 4.78 is 14.3. The van der Waals surface area contributed by atoms with E-state index in [2.05, 4.69) is 65.0 Å². The fourth-order valence-corrected chi connectivity index (χ4v) is 10.2. The zero-order valence-corrected chi connectivity index (χ0v) is 49.9. The third kappa shape index (κ3) is 15.4. The van der Waals surface area contributed by atoms with Crippen molar-refractivity contribution in [2.75, 3.05) is 61.0 Å². The zero-order valence-electron chi connectivity index (χ0n) is 44.9. The minimum Gasteiger partial charge on any atom is -0.508 e. The number of carbonyl (C=O) groups excluding carboxylic acids is 5. The maximum atomic E-state index is 14.8. The number of aromatic hydroxyl groups is 1. The summed E-state index contributed by atoms with van der Waals surface area (Å²) in [6.07, 6.45) is 5.33. The molecule has 0 radical (unpaired) electrons. The fourth-order valence-electron chi connectivity index (χ4n) is 10.2. The standard InChI is InChI=1S/C54H70N8O8.5H2S/c1-11-61-46-17-16-36-28-41(46)42(49(61)43-30-55-20-18-40(43)34(4)69-10)29-54(5,6)32-70-53(68)44-14-12-22-62(57-44)52(67)45(26-35-24-38(36)27-39(63)25-35)56-50(65)48(33(2)3)59(9)51(66)37-19-23-60(31-37)47(64)15-13-21-58(7)8;;;;;/h16-18,20,24-25,27-28,30,33-34,37,44-45,48,57,63H,11-12,14,19,21-23,26,29,31-32H2,1-10H3,(H,56,65);5*1H2/t34-,37-,44-,45-,48-;;;;;/m0...../s1. The monoisotopic (exact) mass is 1130 g/mol. The molecule has 0 spiro atoms. The Morgan fingerprint density at radius 3 is 2.37 bits per heavy atom. The van der Waals surface area contributed by atoms with Gasteiger partial charge in [-0.25, -0.2) is 5.43 Å². The predicted octanol–water partition coefficient (Wildman–Crippen LogP) is 5.91. The second kappa shape index (κ2) is 28.7. The number of likely N-dealkylation sites (N-methyl/N-ethyl adjacent to an activating group) is 1. The Morgan fingerprint density at radius 1 is 0.987 bits per heavy atom. The number of nitrogens with one attached hydrogen (secondary N) is 2. The third-order valence-electron chi connectivity index (χ3n) is 13.8. The van der Waals surface area contributed by atoms with E-state index < -0.39 is 47.2 Å². The average Bonchev–Trinajstić information content (AvgIpc) is 3.94. The van der Waals surface area contributed by atoms with Gasteiger partial charge in [0.25, 0.3) is 11.8 Å². The number of benzene rings is 2. The first-order valence-electron chi connectivity index (χ1n) is 24.5. The van der Waals surface area contributed by atoms with Gasteiger partial charge in [0.15, 0.2) is 0 Å². The van der Waals surface area contributed by atoms with Crippen molar-refractivity contribution in [2.45, 2.75) is 104 Å². The molecule has 2 aromatic carbocycles. The number of hydrogen-bond donors (Lipinski definition) is 3. The average molecular weight is 1130 g/mol. The lowest BCUT2D eigenvalue weighted by Gasteiger charge is -2.37. The smallest absolute Gasteiger partial charge is 0.324 e. The fraction of sp³-hybridized carbons (Fsp3) is 0.519. The van der Waals surface area contributed by atoms with Gasteiger partial charge in [0, 0.05) is 81.0 Å². The minimum atomic E-state index is -1.18. The van der Waals surface area contributed by atoms with E-state index in [4.69, 9.17) is 9.47 Å². The maximum Gasteiger partial charge on any atom is 0.324 e. The van der Waals surface area contributed by atoms with Crippen molar-refractivity contribution in [1.82, 2.24) is 40.0 Å². The zero-order chi connectivity index (χ0) is 50.6. The van der Waals surface area contributed by atoms with Crippen LogP contribution in [0.25, 0.3) is 33.3 Å². The molecule has 4 amide bonds. The van der Waals surface area contributed by atoms with Crippen LogP contribution in [0.4, 0.5) is 0 Å². The molecule has 2 fully saturated rings. The highest BCUT2D eigenvalue weighted by atomic mass is 32.1. The van der Waals surface area contributed by atoms with Crippen LogP contribution < -0.4 is 10.7 Å². The van der Waals surface area contributed by atoms with E-state index in [-0.39, 0.29) is 123 Å². The molecule has 5 heterocycles. The van der Waals surface area contributed by atoms with Gasteiger partial charge >= 0.3 is 5.97 Å². The van der Waals surface area contributed by atoms with Crippen molar-refractivity contribution >= 4 is 108 Å². The van der Waals surface area contributed by atoms with Crippen LogP contribution in [0.1, 0.15) is 83.6 Å². The first kappa shape index (κ1) is 66.6. The van der Waals surface area contributed by atoms with Crippen molar-refractivity contribution in [3.8, 4) is 40.0 Å². The van der Waals surface area contributed by atoms with Crippen molar-refractivity contribution in [2.24, 2.45) is 17.3 Å². The number of nitrogens with zero attached hydrogens (tertiary/aromatic N) is 6. The SMILES string of the molecule is CCn1c(-c2cnccc2[C@H](C)OC)c2c3cc(ccc31)-c1cc(O)cc(c1)C[C@H](NC(=O)[C@H](C(C)C)N(C)C(=O)[C@H]1CCN(C(=O)C#CCN(C)C)C1)C(=O)N1CCC[C@H](N1)C(=O)OCC(C)(C)C2.S.S.S.S.S. The summed E-state index contributed by atoms with van der Waals surface area (Å²) in [5.74, 6) is 2.49. The quantitative estimate of drug-likeness (QED) is 0.127. The van der Waals surface area contributed by atoms with Gasteiger partial charge in [0.05, 0.1) is 30.9 Å². The number of pyridine rings is 1.